The molecule has 2 fully saturated rings. The monoisotopic (exact) mass is 591 g/mol. The van der Waals surface area contributed by atoms with E-state index in [1.807, 2.05) is 0 Å². The molecule has 2 aliphatic carbocycles. The minimum absolute atomic E-state index is 0.0449. The smallest absolute Gasteiger partial charge is 0.333 e. The fraction of sp³-hybridized carbons (Fsp3) is 0.517. The van der Waals surface area contributed by atoms with Crippen molar-refractivity contribution < 1.29 is 27.9 Å². The van der Waals surface area contributed by atoms with Crippen LogP contribution in [0.4, 0.5) is 4.79 Å². The van der Waals surface area contributed by atoms with Crippen molar-refractivity contribution in [2.45, 2.75) is 87.3 Å². The van der Waals surface area contributed by atoms with E-state index in [0.29, 0.717) is 42.1 Å². The normalized spacial score (nSPS) is 17.6. The summed E-state index contributed by atoms with van der Waals surface area (Å²) in [4.78, 5) is 27.4. The predicted octanol–water partition coefficient (Wildman–Crippen LogP) is 5.01. The lowest BCUT2D eigenvalue weighted by molar-refractivity contribution is -0.126. The Morgan fingerprint density at radius 3 is 2.33 bits per heavy atom. The zero-order valence-corrected chi connectivity index (χ0v) is 24.4. The largest absolute Gasteiger partial charge is 0.496 e. The topological polar surface area (TPSA) is 125 Å². The van der Waals surface area contributed by atoms with Crippen molar-refractivity contribution >= 4 is 33.6 Å². The van der Waals surface area contributed by atoms with Gasteiger partial charge >= 0.3 is 6.03 Å². The van der Waals surface area contributed by atoms with Gasteiger partial charge in [-0.2, -0.15) is 0 Å². The number of urea groups is 1. The van der Waals surface area contributed by atoms with Crippen molar-refractivity contribution in [2.24, 2.45) is 0 Å². The van der Waals surface area contributed by atoms with Gasteiger partial charge in [0, 0.05) is 17.6 Å². The summed E-state index contributed by atoms with van der Waals surface area (Å²) in [5.74, 6) is 0.0829. The number of ether oxygens (including phenoxy) is 1. The van der Waals surface area contributed by atoms with Crippen LogP contribution in [-0.4, -0.2) is 55.8 Å². The Morgan fingerprint density at radius 1 is 1.02 bits per heavy atom. The van der Waals surface area contributed by atoms with Crippen LogP contribution in [0, 0.1) is 0 Å². The Labute approximate surface area is 241 Å². The summed E-state index contributed by atoms with van der Waals surface area (Å²) in [7, 11) is -2.68. The molecule has 9 nitrogen and oxygen atoms in total. The van der Waals surface area contributed by atoms with Gasteiger partial charge in [0.15, 0.2) is 0 Å². The van der Waals surface area contributed by atoms with Crippen LogP contribution in [-0.2, 0) is 16.4 Å². The van der Waals surface area contributed by atoms with Gasteiger partial charge in [0.05, 0.1) is 17.6 Å². The molecule has 0 saturated heterocycles. The van der Waals surface area contributed by atoms with E-state index in [2.05, 4.69) is 10.0 Å². The van der Waals surface area contributed by atoms with E-state index in [-0.39, 0.29) is 16.8 Å². The standard InChI is InChI=1S/C29H38ClN3O6S/c1-39-26-15-12-22(30)20-25(26)27(34)31-19-16-21-10-13-24(14-11-21)40(37,38)32-28(35)33(23-8-4-2-5-9-23)29(36)17-6-3-7-18-29/h10-15,20,23,36H,2-9,16-19H2,1H3,(H,31,34)(H,32,35). The number of benzene rings is 2. The molecule has 11 heteroatoms. The summed E-state index contributed by atoms with van der Waals surface area (Å²) in [6, 6.07) is 10.0. The third-order valence-corrected chi connectivity index (χ3v) is 9.39. The molecule has 2 aliphatic rings. The van der Waals surface area contributed by atoms with Gasteiger partial charge in [-0.3, -0.25) is 9.69 Å². The van der Waals surface area contributed by atoms with Crippen LogP contribution in [0.1, 0.15) is 80.1 Å². The van der Waals surface area contributed by atoms with Gasteiger partial charge in [0.1, 0.15) is 11.5 Å². The van der Waals surface area contributed by atoms with E-state index in [9.17, 15) is 23.1 Å². The van der Waals surface area contributed by atoms with Gasteiger partial charge in [-0.1, -0.05) is 49.4 Å². The van der Waals surface area contributed by atoms with Crippen LogP contribution < -0.4 is 14.8 Å². The molecule has 0 atom stereocenters. The highest BCUT2D eigenvalue weighted by Gasteiger charge is 2.44. The maximum atomic E-state index is 13.4. The average molecular weight is 592 g/mol. The van der Waals surface area contributed by atoms with Crippen molar-refractivity contribution in [3.63, 3.8) is 0 Å². The SMILES string of the molecule is COc1ccc(Cl)cc1C(=O)NCCc1ccc(S(=O)(=O)NC(=O)N(C2CCCCC2)C2(O)CCCCC2)cc1. The lowest BCUT2D eigenvalue weighted by Crippen LogP contribution is -2.61. The van der Waals surface area contributed by atoms with Crippen molar-refractivity contribution in [1.29, 1.82) is 0 Å². The number of methoxy groups -OCH3 is 1. The first kappa shape index (κ1) is 30.1. The molecule has 0 radical (unpaired) electrons. The van der Waals surface area contributed by atoms with E-state index in [1.54, 1.807) is 24.3 Å². The molecule has 0 aromatic heterocycles. The summed E-state index contributed by atoms with van der Waals surface area (Å²) in [5, 5.41) is 14.7. The van der Waals surface area contributed by atoms with Gasteiger partial charge in [-0.25, -0.2) is 17.9 Å². The molecule has 2 aromatic rings. The zero-order chi connectivity index (χ0) is 28.8. The number of rotatable bonds is 9. The summed E-state index contributed by atoms with van der Waals surface area (Å²) >= 11 is 6.01. The Balaban J connectivity index is 1.38. The Bertz CT molecular complexity index is 1290. The molecule has 218 valence electrons. The van der Waals surface area contributed by atoms with Gasteiger partial charge in [0.2, 0.25) is 0 Å². The van der Waals surface area contributed by atoms with Gasteiger partial charge in [-0.05, 0) is 80.8 Å². The lowest BCUT2D eigenvalue weighted by atomic mass is 9.86. The maximum Gasteiger partial charge on any atom is 0.333 e. The van der Waals surface area contributed by atoms with E-state index >= 15 is 0 Å². The van der Waals surface area contributed by atoms with Crippen LogP contribution >= 0.6 is 11.6 Å². The molecule has 0 bridgehead atoms. The van der Waals surface area contributed by atoms with Crippen LogP contribution in [0.2, 0.25) is 5.02 Å². The molecule has 0 unspecified atom stereocenters. The van der Waals surface area contributed by atoms with Crippen LogP contribution in [0.25, 0.3) is 0 Å². The van der Waals surface area contributed by atoms with Gasteiger partial charge < -0.3 is 15.2 Å². The number of hydrogen-bond donors (Lipinski definition) is 3. The van der Waals surface area contributed by atoms with E-state index in [4.69, 9.17) is 16.3 Å². The van der Waals surface area contributed by atoms with Crippen molar-refractivity contribution in [3.8, 4) is 5.75 Å². The number of sulfonamides is 1. The Hall–Kier alpha value is -2.82. The first-order valence-corrected chi connectivity index (χ1v) is 15.8. The molecule has 0 heterocycles. The number of halogens is 1. The second-order valence-electron chi connectivity index (χ2n) is 10.6. The number of nitrogens with one attached hydrogen (secondary N) is 2. The van der Waals surface area contributed by atoms with E-state index in [0.717, 1.165) is 56.9 Å². The number of carbonyl (C=O) groups is 2. The predicted molar refractivity (Wildman–Crippen MR) is 153 cm³/mol. The van der Waals surface area contributed by atoms with Crippen molar-refractivity contribution in [1.82, 2.24) is 14.9 Å². The average Bonchev–Trinajstić information content (AvgIpc) is 2.94. The van der Waals surface area contributed by atoms with Crippen molar-refractivity contribution in [2.75, 3.05) is 13.7 Å². The quantitative estimate of drug-likeness (QED) is 0.352. The summed E-state index contributed by atoms with van der Waals surface area (Å²) in [6.45, 7) is 0.312. The second kappa shape index (κ2) is 13.2. The van der Waals surface area contributed by atoms with Gasteiger partial charge in [-0.15, -0.1) is 0 Å². The highest BCUT2D eigenvalue weighted by Crippen LogP contribution is 2.36. The number of hydrogen-bond acceptors (Lipinski definition) is 6. The zero-order valence-electron chi connectivity index (χ0n) is 22.8. The molecule has 40 heavy (non-hydrogen) atoms. The first-order chi connectivity index (χ1) is 19.1. The van der Waals surface area contributed by atoms with Crippen LogP contribution in [0.3, 0.4) is 0 Å². The maximum absolute atomic E-state index is 13.4. The third kappa shape index (κ3) is 7.27. The number of aliphatic hydroxyl groups is 1. The fourth-order valence-corrected chi connectivity index (χ4v) is 6.84. The van der Waals surface area contributed by atoms with E-state index < -0.39 is 21.8 Å². The number of nitrogens with zero attached hydrogens (tertiary/aromatic N) is 1. The summed E-state index contributed by atoms with van der Waals surface area (Å²) in [6.07, 6.45) is 8.44. The third-order valence-electron chi connectivity index (χ3n) is 7.82. The number of amides is 3. The molecule has 2 aromatic carbocycles. The lowest BCUT2D eigenvalue weighted by Gasteiger charge is -2.47. The first-order valence-electron chi connectivity index (χ1n) is 13.9. The molecular formula is C29H38ClN3O6S. The molecule has 3 N–H and O–H groups in total. The van der Waals surface area contributed by atoms with Crippen LogP contribution in [0.15, 0.2) is 47.4 Å². The van der Waals surface area contributed by atoms with Crippen molar-refractivity contribution in [3.05, 3.63) is 58.6 Å². The Kier molecular flexibility index (Phi) is 9.97. The minimum Gasteiger partial charge on any atom is -0.496 e. The molecule has 4 rings (SSSR count). The fourth-order valence-electron chi connectivity index (χ4n) is 5.72. The molecule has 0 aliphatic heterocycles. The molecule has 3 amide bonds. The number of carbonyl (C=O) groups excluding carboxylic acids is 2. The highest BCUT2D eigenvalue weighted by molar-refractivity contribution is 7.90. The van der Waals surface area contributed by atoms with E-state index in [1.165, 1.54) is 30.2 Å². The molecule has 0 spiro atoms. The summed E-state index contributed by atoms with van der Waals surface area (Å²) in [5.41, 5.74) is -0.195. The van der Waals surface area contributed by atoms with Gasteiger partial charge in [0.25, 0.3) is 15.9 Å². The molecular weight excluding hydrogens is 554 g/mol. The Morgan fingerprint density at radius 2 is 1.68 bits per heavy atom. The second-order valence-corrected chi connectivity index (χ2v) is 12.7. The summed E-state index contributed by atoms with van der Waals surface area (Å²) < 4.78 is 33.8. The van der Waals surface area contributed by atoms with Crippen LogP contribution in [0.5, 0.6) is 5.75 Å². The minimum atomic E-state index is -4.16. The highest BCUT2D eigenvalue weighted by atomic mass is 35.5. The molecule has 2 saturated carbocycles.